The van der Waals surface area contributed by atoms with Crippen LogP contribution in [0.4, 0.5) is 18.9 Å². The fourth-order valence-corrected chi connectivity index (χ4v) is 4.44. The van der Waals surface area contributed by atoms with E-state index in [1.165, 1.54) is 31.5 Å². The van der Waals surface area contributed by atoms with Crippen LogP contribution in [0.1, 0.15) is 37.8 Å². The standard InChI is InChI=1S/C20H27F3N4O/c21-20(22,23)18-5-4-17(14-24-18)25-8-6-15(7-9-25)19(28)27-12-10-26(11-13-27)16-2-1-3-16/h4-5,14-16H,1-3,6-13H2. The number of piperidine rings is 1. The van der Waals surface area contributed by atoms with E-state index in [9.17, 15) is 18.0 Å². The Kier molecular flexibility index (Phi) is 5.49. The third kappa shape index (κ3) is 4.11. The maximum Gasteiger partial charge on any atom is 0.433 e. The molecule has 1 aliphatic carbocycles. The molecular weight excluding hydrogens is 369 g/mol. The maximum atomic E-state index is 12.9. The summed E-state index contributed by atoms with van der Waals surface area (Å²) in [5.74, 6) is 0.271. The number of aromatic nitrogens is 1. The quantitative estimate of drug-likeness (QED) is 0.788. The van der Waals surface area contributed by atoms with Gasteiger partial charge in [0.25, 0.3) is 0 Å². The van der Waals surface area contributed by atoms with Crippen molar-refractivity contribution in [2.75, 3.05) is 44.2 Å². The Balaban J connectivity index is 1.26. The molecule has 5 nitrogen and oxygen atoms in total. The molecular formula is C20H27F3N4O. The number of anilines is 1. The normalized spacial score (nSPS) is 23.0. The third-order valence-electron chi connectivity index (χ3n) is 6.46. The minimum Gasteiger partial charge on any atom is -0.370 e. The Morgan fingerprint density at radius 2 is 1.64 bits per heavy atom. The molecule has 0 N–H and O–H groups in total. The minimum atomic E-state index is -4.42. The molecule has 1 aromatic rings. The number of pyridine rings is 1. The molecule has 3 fully saturated rings. The number of halogens is 3. The molecule has 0 unspecified atom stereocenters. The molecule has 4 rings (SSSR count). The Labute approximate surface area is 163 Å². The lowest BCUT2D eigenvalue weighted by Crippen LogP contribution is -2.55. The molecule has 0 bridgehead atoms. The van der Waals surface area contributed by atoms with Crippen molar-refractivity contribution < 1.29 is 18.0 Å². The summed E-state index contributed by atoms with van der Waals surface area (Å²) in [4.78, 5) is 23.0. The van der Waals surface area contributed by atoms with Crippen LogP contribution in [0.5, 0.6) is 0 Å². The second kappa shape index (κ2) is 7.89. The number of nitrogens with zero attached hydrogens (tertiary/aromatic N) is 4. The average molecular weight is 396 g/mol. The van der Waals surface area contributed by atoms with Crippen molar-refractivity contribution in [3.05, 3.63) is 24.0 Å². The number of alkyl halides is 3. The Morgan fingerprint density at radius 3 is 2.14 bits per heavy atom. The zero-order chi connectivity index (χ0) is 19.7. The van der Waals surface area contributed by atoms with E-state index in [0.29, 0.717) is 18.8 Å². The van der Waals surface area contributed by atoms with Gasteiger partial charge in [0.1, 0.15) is 5.69 Å². The predicted molar refractivity (Wildman–Crippen MR) is 100.0 cm³/mol. The zero-order valence-corrected chi connectivity index (χ0v) is 16.0. The highest BCUT2D eigenvalue weighted by molar-refractivity contribution is 5.79. The van der Waals surface area contributed by atoms with Crippen LogP contribution >= 0.6 is 0 Å². The fraction of sp³-hybridized carbons (Fsp3) is 0.700. The van der Waals surface area contributed by atoms with E-state index < -0.39 is 11.9 Å². The van der Waals surface area contributed by atoms with Gasteiger partial charge in [-0.25, -0.2) is 4.98 Å². The van der Waals surface area contributed by atoms with Crippen LogP contribution in [0.15, 0.2) is 18.3 Å². The summed E-state index contributed by atoms with van der Waals surface area (Å²) in [6.45, 7) is 4.94. The van der Waals surface area contributed by atoms with Crippen molar-refractivity contribution >= 4 is 11.6 Å². The number of rotatable bonds is 3. The van der Waals surface area contributed by atoms with Crippen LogP contribution in [0.3, 0.4) is 0 Å². The summed E-state index contributed by atoms with van der Waals surface area (Å²) in [5.41, 5.74) is -0.185. The second-order valence-electron chi connectivity index (χ2n) is 8.11. The number of carbonyl (C=O) groups is 1. The van der Waals surface area contributed by atoms with Gasteiger partial charge in [-0.05, 0) is 37.8 Å². The van der Waals surface area contributed by atoms with E-state index in [1.54, 1.807) is 0 Å². The lowest BCUT2D eigenvalue weighted by molar-refractivity contribution is -0.141. The Bertz CT molecular complexity index is 674. The first-order valence-corrected chi connectivity index (χ1v) is 10.2. The molecule has 8 heteroatoms. The largest absolute Gasteiger partial charge is 0.433 e. The molecule has 2 saturated heterocycles. The van der Waals surface area contributed by atoms with Crippen molar-refractivity contribution in [1.82, 2.24) is 14.8 Å². The molecule has 28 heavy (non-hydrogen) atoms. The maximum absolute atomic E-state index is 12.9. The van der Waals surface area contributed by atoms with Gasteiger partial charge in [0.05, 0.1) is 11.9 Å². The van der Waals surface area contributed by atoms with Gasteiger partial charge in [-0.15, -0.1) is 0 Å². The third-order valence-corrected chi connectivity index (χ3v) is 6.46. The van der Waals surface area contributed by atoms with Crippen LogP contribution in [0.2, 0.25) is 0 Å². The Morgan fingerprint density at radius 1 is 0.964 bits per heavy atom. The highest BCUT2D eigenvalue weighted by Crippen LogP contribution is 2.30. The number of piperazine rings is 1. The molecule has 0 radical (unpaired) electrons. The molecule has 154 valence electrons. The van der Waals surface area contributed by atoms with Gasteiger partial charge < -0.3 is 9.80 Å². The highest BCUT2D eigenvalue weighted by Gasteiger charge is 2.34. The molecule has 3 aliphatic rings. The lowest BCUT2D eigenvalue weighted by atomic mass is 9.90. The van der Waals surface area contributed by atoms with E-state index >= 15 is 0 Å². The first-order chi connectivity index (χ1) is 13.4. The SMILES string of the molecule is O=C(C1CCN(c2ccc(C(F)(F)F)nc2)CC1)N1CCN(C2CCC2)CC1. The molecule has 1 saturated carbocycles. The zero-order valence-electron chi connectivity index (χ0n) is 16.0. The lowest BCUT2D eigenvalue weighted by Gasteiger charge is -2.44. The van der Waals surface area contributed by atoms with Gasteiger partial charge in [-0.1, -0.05) is 6.42 Å². The van der Waals surface area contributed by atoms with Gasteiger partial charge in [-0.2, -0.15) is 13.2 Å². The predicted octanol–water partition coefficient (Wildman–Crippen LogP) is 3.01. The molecule has 3 heterocycles. The monoisotopic (exact) mass is 396 g/mol. The number of amides is 1. The molecule has 2 aliphatic heterocycles. The minimum absolute atomic E-state index is 0.0221. The molecule has 1 aromatic heterocycles. The van der Waals surface area contributed by atoms with Crippen molar-refractivity contribution in [3.8, 4) is 0 Å². The van der Waals surface area contributed by atoms with Gasteiger partial charge in [0.2, 0.25) is 5.91 Å². The number of carbonyl (C=O) groups excluding carboxylic acids is 1. The smallest absolute Gasteiger partial charge is 0.370 e. The van der Waals surface area contributed by atoms with Gasteiger partial charge in [-0.3, -0.25) is 9.69 Å². The first kappa shape index (κ1) is 19.5. The molecule has 0 aromatic carbocycles. The summed E-state index contributed by atoms with van der Waals surface area (Å²) < 4.78 is 37.9. The van der Waals surface area contributed by atoms with E-state index in [-0.39, 0.29) is 11.8 Å². The second-order valence-corrected chi connectivity index (χ2v) is 8.11. The number of hydrogen-bond acceptors (Lipinski definition) is 4. The number of hydrogen-bond donors (Lipinski definition) is 0. The van der Waals surface area contributed by atoms with E-state index in [0.717, 1.165) is 51.1 Å². The summed E-state index contributed by atoms with van der Waals surface area (Å²) in [6.07, 6.45) is 2.27. The van der Waals surface area contributed by atoms with Crippen LogP contribution in [0, 0.1) is 5.92 Å². The fourth-order valence-electron chi connectivity index (χ4n) is 4.44. The first-order valence-electron chi connectivity index (χ1n) is 10.2. The van der Waals surface area contributed by atoms with Gasteiger partial charge in [0, 0.05) is 51.2 Å². The average Bonchev–Trinajstić information content (AvgIpc) is 2.66. The van der Waals surface area contributed by atoms with E-state index in [2.05, 4.69) is 9.88 Å². The highest BCUT2D eigenvalue weighted by atomic mass is 19.4. The topological polar surface area (TPSA) is 39.7 Å². The van der Waals surface area contributed by atoms with Crippen LogP contribution in [-0.4, -0.2) is 66.0 Å². The van der Waals surface area contributed by atoms with Crippen LogP contribution in [-0.2, 0) is 11.0 Å². The summed E-state index contributed by atoms with van der Waals surface area (Å²) >= 11 is 0. The Hall–Kier alpha value is -1.83. The van der Waals surface area contributed by atoms with Crippen molar-refractivity contribution in [1.29, 1.82) is 0 Å². The van der Waals surface area contributed by atoms with Crippen LogP contribution in [0.25, 0.3) is 0 Å². The van der Waals surface area contributed by atoms with E-state index in [1.807, 2.05) is 9.80 Å². The van der Waals surface area contributed by atoms with Gasteiger partial charge in [0.15, 0.2) is 0 Å². The van der Waals surface area contributed by atoms with Crippen molar-refractivity contribution in [2.24, 2.45) is 5.92 Å². The molecule has 1 amide bonds. The summed E-state index contributed by atoms with van der Waals surface area (Å²) in [6, 6.07) is 3.23. The molecule has 0 spiro atoms. The van der Waals surface area contributed by atoms with Crippen molar-refractivity contribution in [2.45, 2.75) is 44.3 Å². The van der Waals surface area contributed by atoms with Gasteiger partial charge >= 0.3 is 6.18 Å². The summed E-state index contributed by atoms with van der Waals surface area (Å²) in [7, 11) is 0. The van der Waals surface area contributed by atoms with Crippen LogP contribution < -0.4 is 4.90 Å². The van der Waals surface area contributed by atoms with Crippen molar-refractivity contribution in [3.63, 3.8) is 0 Å². The van der Waals surface area contributed by atoms with E-state index in [4.69, 9.17) is 0 Å². The molecule has 0 atom stereocenters. The summed E-state index contributed by atoms with van der Waals surface area (Å²) in [5, 5.41) is 0.